The third-order valence-corrected chi connectivity index (χ3v) is 4.57. The summed E-state index contributed by atoms with van der Waals surface area (Å²) in [4.78, 5) is 12.0. The number of nitrogens with one attached hydrogen (secondary N) is 1. The van der Waals surface area contributed by atoms with Crippen LogP contribution in [0.5, 0.6) is 0 Å². The van der Waals surface area contributed by atoms with Gasteiger partial charge in [-0.05, 0) is 49.8 Å². The van der Waals surface area contributed by atoms with Crippen molar-refractivity contribution in [2.24, 2.45) is 11.7 Å². The normalized spacial score (nSPS) is 26.2. The highest BCUT2D eigenvalue weighted by molar-refractivity contribution is 6.30. The Bertz CT molecular complexity index is 467. The van der Waals surface area contributed by atoms with Gasteiger partial charge in [0.1, 0.15) is 5.54 Å². The molecule has 20 heavy (non-hydrogen) atoms. The number of nitrogens with two attached hydrogens (primary N) is 1. The first-order valence-electron chi connectivity index (χ1n) is 7.39. The lowest BCUT2D eigenvalue weighted by molar-refractivity contribution is -0.123. The lowest BCUT2D eigenvalue weighted by Crippen LogP contribution is -2.52. The molecule has 1 aromatic rings. The van der Waals surface area contributed by atoms with E-state index in [-0.39, 0.29) is 5.91 Å². The number of benzene rings is 1. The minimum atomic E-state index is -0.616. The summed E-state index contributed by atoms with van der Waals surface area (Å²) in [6.07, 6.45) is 6.18. The lowest BCUT2D eigenvalue weighted by Gasteiger charge is -2.39. The quantitative estimate of drug-likeness (QED) is 0.863. The zero-order valence-corrected chi connectivity index (χ0v) is 12.7. The molecule has 4 heteroatoms. The fraction of sp³-hybridized carbons (Fsp3) is 0.562. The third-order valence-electron chi connectivity index (χ3n) is 4.34. The highest BCUT2D eigenvalue weighted by atomic mass is 35.5. The standard InChI is InChI=1S/C16H23ClN2O/c1-2-4-12-7-9-16(10-8-12,15(18)20)19-14-6-3-5-13(17)11-14/h3,5-6,11-12,19H,2,4,7-10H2,1H3,(H2,18,20). The topological polar surface area (TPSA) is 55.1 Å². The van der Waals surface area contributed by atoms with Crippen LogP contribution in [0.4, 0.5) is 5.69 Å². The molecule has 1 saturated carbocycles. The second kappa shape index (κ2) is 6.49. The molecular formula is C16H23ClN2O. The third kappa shape index (κ3) is 3.45. The molecule has 1 fully saturated rings. The number of carbonyl (C=O) groups excluding carboxylic acids is 1. The molecule has 1 amide bonds. The molecule has 0 heterocycles. The number of hydrogen-bond donors (Lipinski definition) is 2. The fourth-order valence-electron chi connectivity index (χ4n) is 3.14. The van der Waals surface area contributed by atoms with Gasteiger partial charge >= 0.3 is 0 Å². The van der Waals surface area contributed by atoms with Gasteiger partial charge in [0.25, 0.3) is 0 Å². The van der Waals surface area contributed by atoms with E-state index in [1.165, 1.54) is 12.8 Å². The van der Waals surface area contributed by atoms with Gasteiger partial charge in [-0.25, -0.2) is 0 Å². The Morgan fingerprint density at radius 2 is 2.15 bits per heavy atom. The van der Waals surface area contributed by atoms with E-state index in [0.717, 1.165) is 37.3 Å². The summed E-state index contributed by atoms with van der Waals surface area (Å²) < 4.78 is 0. The van der Waals surface area contributed by atoms with Crippen LogP contribution in [0.2, 0.25) is 5.02 Å². The van der Waals surface area contributed by atoms with Crippen molar-refractivity contribution in [3.8, 4) is 0 Å². The van der Waals surface area contributed by atoms with Gasteiger partial charge in [-0.15, -0.1) is 0 Å². The van der Waals surface area contributed by atoms with E-state index < -0.39 is 5.54 Å². The highest BCUT2D eigenvalue weighted by Gasteiger charge is 2.40. The summed E-state index contributed by atoms with van der Waals surface area (Å²) in [5, 5.41) is 4.00. The summed E-state index contributed by atoms with van der Waals surface area (Å²) in [6.45, 7) is 2.21. The molecule has 0 aliphatic heterocycles. The van der Waals surface area contributed by atoms with Crippen LogP contribution in [0, 0.1) is 5.92 Å². The Morgan fingerprint density at radius 3 is 2.70 bits per heavy atom. The lowest BCUT2D eigenvalue weighted by atomic mass is 9.74. The molecule has 110 valence electrons. The fourth-order valence-corrected chi connectivity index (χ4v) is 3.33. The molecule has 0 unspecified atom stereocenters. The van der Waals surface area contributed by atoms with Crippen LogP contribution in [-0.2, 0) is 4.79 Å². The molecule has 3 nitrogen and oxygen atoms in total. The summed E-state index contributed by atoms with van der Waals surface area (Å²) in [5.74, 6) is 0.473. The average Bonchev–Trinajstić information content (AvgIpc) is 2.41. The van der Waals surface area contributed by atoms with Crippen LogP contribution in [0.25, 0.3) is 0 Å². The van der Waals surface area contributed by atoms with Crippen molar-refractivity contribution in [2.45, 2.75) is 51.0 Å². The minimum absolute atomic E-state index is 0.257. The summed E-state index contributed by atoms with van der Waals surface area (Å²) in [6, 6.07) is 7.46. The smallest absolute Gasteiger partial charge is 0.243 e. The van der Waals surface area contributed by atoms with E-state index in [4.69, 9.17) is 17.3 Å². The van der Waals surface area contributed by atoms with E-state index in [2.05, 4.69) is 12.2 Å². The molecule has 0 spiro atoms. The van der Waals surface area contributed by atoms with Crippen molar-refractivity contribution in [1.29, 1.82) is 0 Å². The van der Waals surface area contributed by atoms with E-state index in [9.17, 15) is 4.79 Å². The first-order valence-corrected chi connectivity index (χ1v) is 7.77. The molecule has 1 aromatic carbocycles. The van der Waals surface area contributed by atoms with Gasteiger partial charge in [0.05, 0.1) is 0 Å². The Kier molecular flexibility index (Phi) is 4.92. The zero-order valence-electron chi connectivity index (χ0n) is 12.0. The SMILES string of the molecule is CCCC1CCC(Nc2cccc(Cl)c2)(C(N)=O)CC1. The molecule has 2 rings (SSSR count). The predicted molar refractivity (Wildman–Crippen MR) is 83.9 cm³/mol. The van der Waals surface area contributed by atoms with Crippen LogP contribution < -0.4 is 11.1 Å². The number of hydrogen-bond acceptors (Lipinski definition) is 2. The van der Waals surface area contributed by atoms with Crippen molar-refractivity contribution >= 4 is 23.2 Å². The molecule has 3 N–H and O–H groups in total. The first kappa shape index (κ1) is 15.2. The van der Waals surface area contributed by atoms with Crippen LogP contribution in [0.3, 0.4) is 0 Å². The molecule has 0 aromatic heterocycles. The molecule has 0 atom stereocenters. The molecule has 1 aliphatic carbocycles. The van der Waals surface area contributed by atoms with E-state index >= 15 is 0 Å². The molecule has 0 saturated heterocycles. The second-order valence-electron chi connectivity index (χ2n) is 5.81. The molecular weight excluding hydrogens is 272 g/mol. The van der Waals surface area contributed by atoms with Crippen molar-refractivity contribution in [2.75, 3.05) is 5.32 Å². The van der Waals surface area contributed by atoms with Gasteiger partial charge in [0, 0.05) is 10.7 Å². The van der Waals surface area contributed by atoms with Crippen molar-refractivity contribution < 1.29 is 4.79 Å². The Morgan fingerprint density at radius 1 is 1.45 bits per heavy atom. The van der Waals surface area contributed by atoms with E-state index in [1.807, 2.05) is 24.3 Å². The highest BCUT2D eigenvalue weighted by Crippen LogP contribution is 2.36. The number of halogens is 1. The van der Waals surface area contributed by atoms with Gasteiger partial charge in [0.2, 0.25) is 5.91 Å². The van der Waals surface area contributed by atoms with E-state index in [1.54, 1.807) is 0 Å². The summed E-state index contributed by atoms with van der Waals surface area (Å²) >= 11 is 6.00. The predicted octanol–water partition coefficient (Wildman–Crippen LogP) is 3.97. The summed E-state index contributed by atoms with van der Waals surface area (Å²) in [5.41, 5.74) is 5.92. The maximum atomic E-state index is 12.0. The van der Waals surface area contributed by atoms with E-state index in [0.29, 0.717) is 5.02 Å². The van der Waals surface area contributed by atoms with Crippen LogP contribution >= 0.6 is 11.6 Å². The maximum Gasteiger partial charge on any atom is 0.243 e. The average molecular weight is 295 g/mol. The maximum absolute atomic E-state index is 12.0. The number of carbonyl (C=O) groups is 1. The molecule has 1 aliphatic rings. The first-order chi connectivity index (χ1) is 9.55. The van der Waals surface area contributed by atoms with Crippen molar-refractivity contribution in [3.63, 3.8) is 0 Å². The van der Waals surface area contributed by atoms with Gasteiger partial charge in [-0.2, -0.15) is 0 Å². The largest absolute Gasteiger partial charge is 0.371 e. The Labute approximate surface area is 125 Å². The van der Waals surface area contributed by atoms with Crippen LogP contribution in [0.1, 0.15) is 45.4 Å². The van der Waals surface area contributed by atoms with Crippen molar-refractivity contribution in [1.82, 2.24) is 0 Å². The van der Waals surface area contributed by atoms with Gasteiger partial charge < -0.3 is 11.1 Å². The van der Waals surface area contributed by atoms with Gasteiger partial charge in [-0.3, -0.25) is 4.79 Å². The number of anilines is 1. The second-order valence-corrected chi connectivity index (χ2v) is 6.25. The molecule has 0 bridgehead atoms. The molecule has 0 radical (unpaired) electrons. The van der Waals surface area contributed by atoms with Gasteiger partial charge in [-0.1, -0.05) is 37.4 Å². The summed E-state index contributed by atoms with van der Waals surface area (Å²) in [7, 11) is 0. The zero-order chi connectivity index (χ0) is 14.6. The van der Waals surface area contributed by atoms with Crippen LogP contribution in [0.15, 0.2) is 24.3 Å². The number of amides is 1. The monoisotopic (exact) mass is 294 g/mol. The van der Waals surface area contributed by atoms with Crippen molar-refractivity contribution in [3.05, 3.63) is 29.3 Å². The van der Waals surface area contributed by atoms with Gasteiger partial charge in [0.15, 0.2) is 0 Å². The Hall–Kier alpha value is -1.22. The minimum Gasteiger partial charge on any atom is -0.371 e. The Balaban J connectivity index is 2.10. The van der Waals surface area contributed by atoms with Crippen LogP contribution in [-0.4, -0.2) is 11.4 Å². The number of primary amides is 1. The number of rotatable bonds is 5.